The predicted molar refractivity (Wildman–Crippen MR) is 114 cm³/mol. The molecule has 1 heterocycles. The molecule has 5 heteroatoms. The third-order valence-corrected chi connectivity index (χ3v) is 5.11. The maximum absolute atomic E-state index is 12.3. The average molecular weight is 382 g/mol. The largest absolute Gasteiger partial charge is 0.484 e. The van der Waals surface area contributed by atoms with Crippen LogP contribution in [0.25, 0.3) is 0 Å². The van der Waals surface area contributed by atoms with E-state index in [-0.39, 0.29) is 12.5 Å². The number of nitrogens with one attached hydrogen (secondary N) is 1. The molecule has 28 heavy (non-hydrogen) atoms. The highest BCUT2D eigenvalue weighted by molar-refractivity contribution is 5.91. The second-order valence-corrected chi connectivity index (χ2v) is 7.84. The van der Waals surface area contributed by atoms with Crippen molar-refractivity contribution in [1.82, 2.24) is 9.80 Å². The lowest BCUT2D eigenvalue weighted by Gasteiger charge is -2.32. The Kier molecular flexibility index (Phi) is 7.06. The number of rotatable bonds is 7. The number of piperazine rings is 1. The first kappa shape index (κ1) is 20.4. The van der Waals surface area contributed by atoms with Crippen LogP contribution in [0.1, 0.15) is 30.9 Å². The molecular formula is C23H31N3O2. The molecule has 1 aliphatic rings. The van der Waals surface area contributed by atoms with Gasteiger partial charge in [0.1, 0.15) is 5.75 Å². The molecule has 2 aromatic carbocycles. The Hall–Kier alpha value is -2.37. The minimum Gasteiger partial charge on any atom is -0.484 e. The summed E-state index contributed by atoms with van der Waals surface area (Å²) in [5.41, 5.74) is 3.23. The van der Waals surface area contributed by atoms with E-state index in [2.05, 4.69) is 54.2 Å². The van der Waals surface area contributed by atoms with Gasteiger partial charge < -0.3 is 15.0 Å². The van der Waals surface area contributed by atoms with Crippen LogP contribution in [0.15, 0.2) is 48.5 Å². The second kappa shape index (κ2) is 9.71. The summed E-state index contributed by atoms with van der Waals surface area (Å²) in [4.78, 5) is 17.1. The van der Waals surface area contributed by atoms with E-state index in [1.807, 2.05) is 30.3 Å². The van der Waals surface area contributed by atoms with Crippen LogP contribution in [0.2, 0.25) is 0 Å². The van der Waals surface area contributed by atoms with Gasteiger partial charge in [0.15, 0.2) is 6.61 Å². The van der Waals surface area contributed by atoms with Crippen molar-refractivity contribution >= 4 is 11.6 Å². The predicted octanol–water partition coefficient (Wildman–Crippen LogP) is 3.57. The monoisotopic (exact) mass is 381 g/mol. The van der Waals surface area contributed by atoms with E-state index in [1.165, 1.54) is 11.1 Å². The van der Waals surface area contributed by atoms with Crippen molar-refractivity contribution in [2.24, 2.45) is 0 Å². The first-order valence-corrected chi connectivity index (χ1v) is 10.0. The number of hydrogen-bond acceptors (Lipinski definition) is 4. The standard InChI is InChI=1S/C23H31N3O2/c1-18(2)20-7-5-9-22(15-20)28-17-23(27)24-21-8-4-6-19(14-21)16-26-12-10-25(3)11-13-26/h4-9,14-15,18H,10-13,16-17H2,1-3H3,(H,24,27). The Balaban J connectivity index is 1.50. The van der Waals surface area contributed by atoms with Crippen LogP contribution in [0.3, 0.4) is 0 Å². The topological polar surface area (TPSA) is 44.8 Å². The van der Waals surface area contributed by atoms with Gasteiger partial charge in [-0.2, -0.15) is 0 Å². The fraction of sp³-hybridized carbons (Fsp3) is 0.435. The highest BCUT2D eigenvalue weighted by atomic mass is 16.5. The van der Waals surface area contributed by atoms with Gasteiger partial charge in [0.2, 0.25) is 0 Å². The summed E-state index contributed by atoms with van der Waals surface area (Å²) in [7, 11) is 2.16. The fourth-order valence-electron chi connectivity index (χ4n) is 3.32. The summed E-state index contributed by atoms with van der Waals surface area (Å²) in [5.74, 6) is 1.01. The fourth-order valence-corrected chi connectivity index (χ4v) is 3.32. The Bertz CT molecular complexity index is 783. The molecule has 0 atom stereocenters. The van der Waals surface area contributed by atoms with Crippen LogP contribution >= 0.6 is 0 Å². The van der Waals surface area contributed by atoms with E-state index in [9.17, 15) is 4.79 Å². The molecule has 0 unspecified atom stereocenters. The van der Waals surface area contributed by atoms with E-state index < -0.39 is 0 Å². The van der Waals surface area contributed by atoms with E-state index in [4.69, 9.17) is 4.74 Å². The zero-order valence-corrected chi connectivity index (χ0v) is 17.1. The molecule has 0 aliphatic carbocycles. The number of ether oxygens (including phenoxy) is 1. The van der Waals surface area contributed by atoms with Gasteiger partial charge in [-0.1, -0.05) is 38.1 Å². The van der Waals surface area contributed by atoms with Gasteiger partial charge in [-0.05, 0) is 48.4 Å². The molecule has 5 nitrogen and oxygen atoms in total. The van der Waals surface area contributed by atoms with Crippen molar-refractivity contribution in [1.29, 1.82) is 0 Å². The summed E-state index contributed by atoms with van der Waals surface area (Å²) in [6, 6.07) is 16.0. The van der Waals surface area contributed by atoms with E-state index in [0.717, 1.165) is 44.2 Å². The Morgan fingerprint density at radius 3 is 2.57 bits per heavy atom. The van der Waals surface area contributed by atoms with Crippen molar-refractivity contribution in [3.8, 4) is 5.75 Å². The number of likely N-dealkylation sites (N-methyl/N-ethyl adjacent to an activating group) is 1. The maximum Gasteiger partial charge on any atom is 0.262 e. The minimum atomic E-state index is -0.147. The minimum absolute atomic E-state index is 0.00420. The molecule has 0 spiro atoms. The zero-order valence-electron chi connectivity index (χ0n) is 17.1. The van der Waals surface area contributed by atoms with Crippen molar-refractivity contribution in [2.45, 2.75) is 26.3 Å². The highest BCUT2D eigenvalue weighted by Gasteiger charge is 2.14. The highest BCUT2D eigenvalue weighted by Crippen LogP contribution is 2.20. The molecule has 0 radical (unpaired) electrons. The van der Waals surface area contributed by atoms with E-state index in [1.54, 1.807) is 0 Å². The summed E-state index contributed by atoms with van der Waals surface area (Å²) in [5, 5.41) is 2.94. The van der Waals surface area contributed by atoms with Gasteiger partial charge in [0.25, 0.3) is 5.91 Å². The molecule has 1 N–H and O–H groups in total. The Morgan fingerprint density at radius 1 is 1.07 bits per heavy atom. The van der Waals surface area contributed by atoms with Crippen LogP contribution in [0.4, 0.5) is 5.69 Å². The van der Waals surface area contributed by atoms with Crippen LogP contribution in [0.5, 0.6) is 5.75 Å². The molecule has 0 bridgehead atoms. The van der Waals surface area contributed by atoms with Crippen molar-refractivity contribution in [3.63, 3.8) is 0 Å². The maximum atomic E-state index is 12.3. The van der Waals surface area contributed by atoms with E-state index in [0.29, 0.717) is 5.92 Å². The summed E-state index contributed by atoms with van der Waals surface area (Å²) < 4.78 is 5.67. The van der Waals surface area contributed by atoms with Crippen LogP contribution in [0, 0.1) is 0 Å². The quantitative estimate of drug-likeness (QED) is 0.796. The van der Waals surface area contributed by atoms with Gasteiger partial charge in [-0.25, -0.2) is 0 Å². The number of carbonyl (C=O) groups excluding carboxylic acids is 1. The smallest absolute Gasteiger partial charge is 0.262 e. The van der Waals surface area contributed by atoms with Crippen LogP contribution < -0.4 is 10.1 Å². The number of nitrogens with zero attached hydrogens (tertiary/aromatic N) is 2. The van der Waals surface area contributed by atoms with Crippen molar-refractivity contribution in [2.75, 3.05) is 45.2 Å². The second-order valence-electron chi connectivity index (χ2n) is 7.84. The SMILES string of the molecule is CC(C)c1cccc(OCC(=O)Nc2cccc(CN3CCN(C)CC3)c2)c1. The molecular weight excluding hydrogens is 350 g/mol. The molecule has 1 aliphatic heterocycles. The number of benzene rings is 2. The number of amides is 1. The third-order valence-electron chi connectivity index (χ3n) is 5.11. The Morgan fingerprint density at radius 2 is 1.82 bits per heavy atom. The molecule has 1 fully saturated rings. The molecule has 0 aromatic heterocycles. The molecule has 0 saturated carbocycles. The van der Waals surface area contributed by atoms with E-state index >= 15 is 0 Å². The Labute approximate surface area is 168 Å². The van der Waals surface area contributed by atoms with Gasteiger partial charge in [0.05, 0.1) is 0 Å². The lowest BCUT2D eigenvalue weighted by Crippen LogP contribution is -2.43. The normalized spacial score (nSPS) is 15.6. The molecule has 2 aromatic rings. The van der Waals surface area contributed by atoms with Gasteiger partial charge in [-0.3, -0.25) is 9.69 Å². The van der Waals surface area contributed by atoms with Crippen LogP contribution in [-0.2, 0) is 11.3 Å². The zero-order chi connectivity index (χ0) is 19.9. The lowest BCUT2D eigenvalue weighted by molar-refractivity contribution is -0.118. The summed E-state index contributed by atoms with van der Waals surface area (Å²) in [6.07, 6.45) is 0. The van der Waals surface area contributed by atoms with Gasteiger partial charge in [-0.15, -0.1) is 0 Å². The molecule has 1 saturated heterocycles. The van der Waals surface area contributed by atoms with Gasteiger partial charge >= 0.3 is 0 Å². The first-order chi connectivity index (χ1) is 13.5. The molecule has 1 amide bonds. The lowest BCUT2D eigenvalue weighted by atomic mass is 10.0. The number of anilines is 1. The third kappa shape index (κ3) is 6.08. The van der Waals surface area contributed by atoms with Crippen molar-refractivity contribution in [3.05, 3.63) is 59.7 Å². The number of carbonyl (C=O) groups is 1. The first-order valence-electron chi connectivity index (χ1n) is 10.0. The van der Waals surface area contributed by atoms with Crippen LogP contribution in [-0.4, -0.2) is 55.5 Å². The van der Waals surface area contributed by atoms with Crippen molar-refractivity contribution < 1.29 is 9.53 Å². The molecule has 150 valence electrons. The number of hydrogen-bond donors (Lipinski definition) is 1. The summed E-state index contributed by atoms with van der Waals surface area (Å²) >= 11 is 0. The molecule has 3 rings (SSSR count). The van der Waals surface area contributed by atoms with Gasteiger partial charge in [0, 0.05) is 38.4 Å². The summed E-state index contributed by atoms with van der Waals surface area (Å²) in [6.45, 7) is 9.56. The average Bonchev–Trinajstić information content (AvgIpc) is 2.69.